The fourth-order valence-corrected chi connectivity index (χ4v) is 11.6. The molecule has 8 nitrogen and oxygen atoms in total. The van der Waals surface area contributed by atoms with Crippen molar-refractivity contribution < 1.29 is 26.1 Å². The first kappa shape index (κ1) is 14.3. The molecule has 0 aliphatic carbocycles. The van der Waals surface area contributed by atoms with Crippen LogP contribution in [0.15, 0.2) is 12.1 Å². The Balaban J connectivity index is 1.66. The van der Waals surface area contributed by atoms with E-state index in [0.717, 1.165) is 22.8 Å². The van der Waals surface area contributed by atoms with Crippen molar-refractivity contribution in [1.82, 2.24) is 8.90 Å². The molecule has 0 aromatic carbocycles. The summed E-state index contributed by atoms with van der Waals surface area (Å²) < 4.78 is 32.9. The maximum atomic E-state index is 6.24. The van der Waals surface area contributed by atoms with E-state index in [1.807, 2.05) is 0 Å². The van der Waals surface area contributed by atoms with Gasteiger partial charge in [0.25, 0.3) is 0 Å². The third-order valence-electron chi connectivity index (χ3n) is 3.63. The number of aryl methyl sites for hydroxylation is 4. The number of nitrogens with zero attached hydrogens (tertiary/aromatic N) is 4. The summed E-state index contributed by atoms with van der Waals surface area (Å²) in [6.07, 6.45) is 0. The molecule has 12 heteroatoms. The number of hydrogen-bond donors (Lipinski definition) is 0. The van der Waals surface area contributed by atoms with E-state index in [1.54, 1.807) is 0 Å². The molecule has 2 aromatic rings. The minimum Gasteiger partial charge on any atom is -0.240 e. The maximum Gasteiger partial charge on any atom is 0.550 e. The maximum absolute atomic E-state index is 6.24. The van der Waals surface area contributed by atoms with Crippen molar-refractivity contribution in [3.05, 3.63) is 34.9 Å². The van der Waals surface area contributed by atoms with Crippen molar-refractivity contribution in [1.29, 1.82) is 0 Å². The zero-order valence-corrected chi connectivity index (χ0v) is 15.9. The van der Waals surface area contributed by atoms with Crippen LogP contribution in [-0.4, -0.2) is 8.90 Å². The van der Waals surface area contributed by atoms with Crippen molar-refractivity contribution in [3.8, 4) is 0 Å². The fraction of sp³-hybridized carbons (Fsp3) is 0.400. The van der Waals surface area contributed by atoms with E-state index in [9.17, 15) is 0 Å². The largest absolute Gasteiger partial charge is 0.550 e. The standard InChI is InChI=1S/C10H14N4O4P4/c1-7-5-8(2)12-11(7)19-15-20(12)18-22-14-10(4)6-9(3)13(14)21(16-22)17-19/h5-6H,1-4H3/q+2. The zero-order chi connectivity index (χ0) is 15.2. The van der Waals surface area contributed by atoms with Gasteiger partial charge >= 0.3 is 34.1 Å². The van der Waals surface area contributed by atoms with E-state index in [1.165, 1.54) is 0 Å². The van der Waals surface area contributed by atoms with Crippen LogP contribution in [0.3, 0.4) is 0 Å². The Morgan fingerprint density at radius 2 is 1.18 bits per heavy atom. The molecular formula is C10H14N4O4P4+2. The second-order valence-electron chi connectivity index (χ2n) is 5.29. The van der Waals surface area contributed by atoms with Crippen molar-refractivity contribution in [2.45, 2.75) is 27.7 Å². The van der Waals surface area contributed by atoms with Crippen LogP contribution in [-0.2, 0) is 17.2 Å². The van der Waals surface area contributed by atoms with Gasteiger partial charge in [0.15, 0.2) is 0 Å². The van der Waals surface area contributed by atoms with Gasteiger partial charge in [-0.25, -0.2) is 12.9 Å². The first-order chi connectivity index (χ1) is 10.5. The van der Waals surface area contributed by atoms with E-state index >= 15 is 0 Å². The van der Waals surface area contributed by atoms with Gasteiger partial charge in [-0.05, 0) is 22.8 Å². The molecule has 22 heavy (non-hydrogen) atoms. The number of rotatable bonds is 0. The van der Waals surface area contributed by atoms with Gasteiger partial charge in [-0.3, -0.25) is 0 Å². The first-order valence-corrected chi connectivity index (χ1v) is 11.2. The van der Waals surface area contributed by atoms with Crippen LogP contribution in [0.4, 0.5) is 0 Å². The van der Waals surface area contributed by atoms with Crippen LogP contribution < -0.4 is 8.90 Å². The second kappa shape index (κ2) is 4.75. The molecule has 0 atom stereocenters. The summed E-state index contributed by atoms with van der Waals surface area (Å²) in [6, 6.07) is 4.27. The van der Waals surface area contributed by atoms with Gasteiger partial charge < -0.3 is 0 Å². The summed E-state index contributed by atoms with van der Waals surface area (Å²) in [6.45, 7) is 8.24. The molecule has 0 unspecified atom stereocenters. The monoisotopic (exact) mass is 378 g/mol. The Morgan fingerprint density at radius 1 is 0.727 bits per heavy atom. The van der Waals surface area contributed by atoms with Gasteiger partial charge in [0, 0.05) is 26.0 Å². The molecule has 0 N–H and O–H groups in total. The number of hydrogen-bond acceptors (Lipinski definition) is 4. The van der Waals surface area contributed by atoms with E-state index in [-0.39, 0.29) is 0 Å². The van der Waals surface area contributed by atoms with E-state index in [4.69, 9.17) is 17.2 Å². The van der Waals surface area contributed by atoms with Crippen molar-refractivity contribution in [3.63, 3.8) is 0 Å². The van der Waals surface area contributed by atoms with Crippen LogP contribution in [0, 0.1) is 27.7 Å². The molecule has 0 amide bonds. The highest BCUT2D eigenvalue weighted by Crippen LogP contribution is 2.75. The summed E-state index contributed by atoms with van der Waals surface area (Å²) in [5.41, 5.74) is 4.47. The van der Waals surface area contributed by atoms with Crippen molar-refractivity contribution in [2.75, 3.05) is 0 Å². The first-order valence-electron chi connectivity index (χ1n) is 6.71. The highest BCUT2D eigenvalue weighted by atomic mass is 31.3. The third kappa shape index (κ3) is 1.76. The normalized spacial score (nSPS) is 31.8. The predicted octanol–water partition coefficient (Wildman–Crippen LogP) is 3.21. The Hall–Kier alpha value is -0.0200. The Morgan fingerprint density at radius 3 is 1.64 bits per heavy atom. The lowest BCUT2D eigenvalue weighted by Crippen LogP contribution is -2.38. The van der Waals surface area contributed by atoms with E-state index in [0.29, 0.717) is 0 Å². The highest BCUT2D eigenvalue weighted by Gasteiger charge is 2.62. The second-order valence-corrected chi connectivity index (χ2v) is 11.3. The summed E-state index contributed by atoms with van der Waals surface area (Å²) in [4.78, 5) is 0. The molecule has 0 saturated carbocycles. The molecule has 0 radical (unpaired) electrons. The van der Waals surface area contributed by atoms with Gasteiger partial charge in [0.2, 0.25) is 11.4 Å². The molecule has 1 saturated heterocycles. The summed E-state index contributed by atoms with van der Waals surface area (Å²) in [5, 5.41) is 0. The number of fused-ring (bicyclic) bond motifs is 10. The SMILES string of the molecule is Cc1cc(C)[n+]2n1P1OP3OP(OP2O1)[n+]1c(C)cc(C)n13. The molecule has 116 valence electrons. The van der Waals surface area contributed by atoms with Crippen LogP contribution in [0.5, 0.6) is 0 Å². The van der Waals surface area contributed by atoms with Gasteiger partial charge in [-0.2, -0.15) is 4.31 Å². The molecule has 5 rings (SSSR count). The van der Waals surface area contributed by atoms with Crippen molar-refractivity contribution >= 4 is 34.1 Å². The average Bonchev–Trinajstić information content (AvgIpc) is 3.10. The molecule has 1 fully saturated rings. The van der Waals surface area contributed by atoms with Crippen LogP contribution in [0.25, 0.3) is 0 Å². The zero-order valence-electron chi connectivity index (χ0n) is 12.4. The minimum atomic E-state index is -1.24. The Kier molecular flexibility index (Phi) is 3.10. The molecule has 4 bridgehead atoms. The summed E-state index contributed by atoms with van der Waals surface area (Å²) in [5.74, 6) is 0. The van der Waals surface area contributed by atoms with Crippen LogP contribution in [0.2, 0.25) is 0 Å². The van der Waals surface area contributed by atoms with Crippen LogP contribution in [0.1, 0.15) is 22.8 Å². The topological polar surface area (TPSA) is 54.5 Å². The smallest absolute Gasteiger partial charge is 0.240 e. The lowest BCUT2D eigenvalue weighted by molar-refractivity contribution is -0.612. The average molecular weight is 378 g/mol. The molecule has 5 heterocycles. The molecular weight excluding hydrogens is 364 g/mol. The van der Waals surface area contributed by atoms with E-state index < -0.39 is 34.1 Å². The molecule has 0 spiro atoms. The highest BCUT2D eigenvalue weighted by molar-refractivity contribution is 7.72. The molecule has 3 aliphatic heterocycles. The van der Waals surface area contributed by atoms with Crippen LogP contribution >= 0.6 is 34.1 Å². The quantitative estimate of drug-likeness (QED) is 0.661. The Labute approximate surface area is 132 Å². The fourth-order valence-electron chi connectivity index (χ4n) is 2.80. The predicted molar refractivity (Wildman–Crippen MR) is 81.8 cm³/mol. The van der Waals surface area contributed by atoms with Gasteiger partial charge in [0.1, 0.15) is 0 Å². The van der Waals surface area contributed by atoms with Gasteiger partial charge in [0.05, 0.1) is 11.4 Å². The van der Waals surface area contributed by atoms with Gasteiger partial charge in [-0.1, -0.05) is 8.90 Å². The molecule has 2 aromatic heterocycles. The summed E-state index contributed by atoms with van der Waals surface area (Å²) in [7, 11) is -4.95. The minimum absolute atomic E-state index is 1.12. The molecule has 3 aliphatic rings. The van der Waals surface area contributed by atoms with Gasteiger partial charge in [-0.15, -0.1) is 0 Å². The lowest BCUT2D eigenvalue weighted by Gasteiger charge is -2.11. The lowest BCUT2D eigenvalue weighted by atomic mass is 10.4. The van der Waals surface area contributed by atoms with Crippen molar-refractivity contribution in [2.24, 2.45) is 0 Å². The summed E-state index contributed by atoms with van der Waals surface area (Å²) >= 11 is 0. The Bertz CT molecular complexity index is 684. The number of aromatic nitrogens is 4. The van der Waals surface area contributed by atoms with E-state index in [2.05, 4.69) is 57.6 Å². The third-order valence-corrected chi connectivity index (χ3v) is 11.6.